The van der Waals surface area contributed by atoms with Gasteiger partial charge in [0.15, 0.2) is 23.1 Å². The summed E-state index contributed by atoms with van der Waals surface area (Å²) in [7, 11) is 0. The Morgan fingerprint density at radius 1 is 0.396 bits per heavy atom. The molecule has 2 fully saturated rings. The molecule has 2 heterocycles. The van der Waals surface area contributed by atoms with E-state index in [0.29, 0.717) is 44.5 Å². The molecule has 0 atom stereocenters. The van der Waals surface area contributed by atoms with E-state index in [0.717, 1.165) is 109 Å². The molecule has 4 aromatic rings. The monoisotopic (exact) mass is 710 g/mol. The molecule has 4 aromatic carbocycles. The van der Waals surface area contributed by atoms with Gasteiger partial charge in [-0.05, 0) is 31.4 Å². The van der Waals surface area contributed by atoms with Gasteiger partial charge in [-0.25, -0.2) is 0 Å². The van der Waals surface area contributed by atoms with Gasteiger partial charge in [0.2, 0.25) is 0 Å². The Hall–Kier alpha value is -5.00. The average molecular weight is 711 g/mol. The number of hydrogen-bond donors (Lipinski definition) is 2. The third-order valence-electron chi connectivity index (χ3n) is 11.1. The quantitative estimate of drug-likeness (QED) is 0.149. The first-order valence-corrected chi connectivity index (χ1v) is 19.0. The number of nitrogens with one attached hydrogen (secondary N) is 2. The van der Waals surface area contributed by atoms with Crippen LogP contribution >= 0.6 is 0 Å². The zero-order chi connectivity index (χ0) is 36.3. The van der Waals surface area contributed by atoms with Gasteiger partial charge in [-0.3, -0.25) is 38.8 Å². The van der Waals surface area contributed by atoms with E-state index in [-0.39, 0.29) is 23.1 Å². The van der Waals surface area contributed by atoms with E-state index >= 15 is 0 Å². The molecule has 4 aliphatic rings. The van der Waals surface area contributed by atoms with Crippen molar-refractivity contribution in [1.82, 2.24) is 19.6 Å². The second-order valence-corrected chi connectivity index (χ2v) is 14.5. The molecular formula is C43H46N6O4. The summed E-state index contributed by atoms with van der Waals surface area (Å²) in [5.41, 5.74) is 5.37. The van der Waals surface area contributed by atoms with Gasteiger partial charge >= 0.3 is 0 Å². The first-order chi connectivity index (χ1) is 26.0. The van der Waals surface area contributed by atoms with Crippen LogP contribution in [0.4, 0.5) is 11.4 Å². The van der Waals surface area contributed by atoms with Crippen molar-refractivity contribution in [2.75, 3.05) is 89.4 Å². The molecule has 53 heavy (non-hydrogen) atoms. The molecule has 0 spiro atoms. The minimum Gasteiger partial charge on any atom is -0.384 e. The fourth-order valence-electron chi connectivity index (χ4n) is 8.30. The maximum Gasteiger partial charge on any atom is 0.196 e. The molecule has 0 bridgehead atoms. The molecule has 2 aliphatic carbocycles. The van der Waals surface area contributed by atoms with Gasteiger partial charge in [0.05, 0.1) is 24.5 Å². The van der Waals surface area contributed by atoms with Crippen LogP contribution in [0.15, 0.2) is 84.9 Å². The van der Waals surface area contributed by atoms with Crippen LogP contribution in [0, 0.1) is 0 Å². The smallest absolute Gasteiger partial charge is 0.196 e. The summed E-state index contributed by atoms with van der Waals surface area (Å²) in [6.45, 7) is 11.9. The highest BCUT2D eigenvalue weighted by atomic mass is 16.1. The summed E-state index contributed by atoms with van der Waals surface area (Å²) in [5.74, 6) is -0.346. The van der Waals surface area contributed by atoms with Crippen LogP contribution in [-0.4, -0.2) is 122 Å². The van der Waals surface area contributed by atoms with Gasteiger partial charge in [0, 0.05) is 110 Å². The highest BCUT2D eigenvalue weighted by Gasteiger charge is 2.32. The van der Waals surface area contributed by atoms with Gasteiger partial charge in [-0.2, -0.15) is 0 Å². The fourth-order valence-corrected chi connectivity index (χ4v) is 8.30. The number of benzene rings is 4. The van der Waals surface area contributed by atoms with Crippen LogP contribution in [0.1, 0.15) is 82.9 Å². The van der Waals surface area contributed by atoms with Crippen LogP contribution < -0.4 is 10.6 Å². The average Bonchev–Trinajstić information content (AvgIpc) is 3.85. The molecule has 10 heteroatoms. The summed E-state index contributed by atoms with van der Waals surface area (Å²) in [6.07, 6.45) is 3.05. The van der Waals surface area contributed by atoms with Crippen LogP contribution in [-0.2, 0) is 0 Å². The molecule has 2 N–H and O–H groups in total. The van der Waals surface area contributed by atoms with Gasteiger partial charge in [-0.15, -0.1) is 0 Å². The highest BCUT2D eigenvalue weighted by Crippen LogP contribution is 2.33. The molecule has 10 nitrogen and oxygen atoms in total. The lowest BCUT2D eigenvalue weighted by molar-refractivity contribution is 0.0979. The number of hydrogen-bond acceptors (Lipinski definition) is 10. The number of carbonyl (C=O) groups is 4. The molecule has 272 valence electrons. The summed E-state index contributed by atoms with van der Waals surface area (Å²) in [6, 6.07) is 25.2. The summed E-state index contributed by atoms with van der Waals surface area (Å²) in [5, 5.41) is 6.90. The minimum atomic E-state index is -0.0867. The first kappa shape index (κ1) is 35.1. The first-order valence-electron chi connectivity index (χ1n) is 19.0. The van der Waals surface area contributed by atoms with Crippen molar-refractivity contribution in [3.8, 4) is 0 Å². The molecule has 2 aliphatic heterocycles. The van der Waals surface area contributed by atoms with Gasteiger partial charge < -0.3 is 10.6 Å². The number of anilines is 2. The molecule has 8 rings (SSSR count). The third-order valence-corrected chi connectivity index (χ3v) is 11.1. The lowest BCUT2D eigenvalue weighted by atomic mass is 9.83. The Morgan fingerprint density at radius 3 is 1.13 bits per heavy atom. The zero-order valence-electron chi connectivity index (χ0n) is 30.1. The van der Waals surface area contributed by atoms with E-state index in [1.54, 1.807) is 48.5 Å². The maximum atomic E-state index is 13.3. The molecule has 0 aromatic heterocycles. The second-order valence-electron chi connectivity index (χ2n) is 14.5. The SMILES string of the molecule is O=C1c2ccccc2C(=O)c2c(NCCCN3CCN(CCCN4CCN(CCCNc5cccc6c5C(=O)c5ccccc5C6=O)C4)C3)cccc21. The zero-order valence-corrected chi connectivity index (χ0v) is 30.1. The van der Waals surface area contributed by atoms with Crippen molar-refractivity contribution < 1.29 is 19.2 Å². The number of ketones is 4. The van der Waals surface area contributed by atoms with E-state index in [2.05, 4.69) is 30.2 Å². The van der Waals surface area contributed by atoms with Gasteiger partial charge in [-0.1, -0.05) is 72.8 Å². The molecule has 0 saturated carbocycles. The number of nitrogens with zero attached hydrogens (tertiary/aromatic N) is 4. The van der Waals surface area contributed by atoms with Crippen molar-refractivity contribution in [3.63, 3.8) is 0 Å². The lowest BCUT2D eigenvalue weighted by Gasteiger charge is -2.22. The molecule has 2 saturated heterocycles. The van der Waals surface area contributed by atoms with E-state index in [9.17, 15) is 19.2 Å². The van der Waals surface area contributed by atoms with E-state index in [1.165, 1.54) is 0 Å². The van der Waals surface area contributed by atoms with Crippen LogP contribution in [0.25, 0.3) is 0 Å². The second kappa shape index (κ2) is 15.5. The van der Waals surface area contributed by atoms with Crippen molar-refractivity contribution in [2.24, 2.45) is 0 Å². The third kappa shape index (κ3) is 7.20. The van der Waals surface area contributed by atoms with Gasteiger partial charge in [0.25, 0.3) is 0 Å². The Bertz CT molecular complexity index is 1920. The summed E-state index contributed by atoms with van der Waals surface area (Å²) in [4.78, 5) is 62.8. The predicted octanol–water partition coefficient (Wildman–Crippen LogP) is 5.08. The molecule has 0 unspecified atom stereocenters. The predicted molar refractivity (Wildman–Crippen MR) is 206 cm³/mol. The normalized spacial score (nSPS) is 17.5. The fraction of sp³-hybridized carbons (Fsp3) is 0.349. The van der Waals surface area contributed by atoms with Crippen molar-refractivity contribution >= 4 is 34.5 Å². The number of carbonyl (C=O) groups excluding carboxylic acids is 4. The Kier molecular flexibility index (Phi) is 10.3. The van der Waals surface area contributed by atoms with Crippen LogP contribution in [0.3, 0.4) is 0 Å². The van der Waals surface area contributed by atoms with Crippen LogP contribution in [0.2, 0.25) is 0 Å². The van der Waals surface area contributed by atoms with Crippen molar-refractivity contribution in [2.45, 2.75) is 19.3 Å². The topological polar surface area (TPSA) is 105 Å². The van der Waals surface area contributed by atoms with E-state index in [1.807, 2.05) is 36.4 Å². The summed E-state index contributed by atoms with van der Waals surface area (Å²) >= 11 is 0. The largest absolute Gasteiger partial charge is 0.384 e. The van der Waals surface area contributed by atoms with Crippen molar-refractivity contribution in [3.05, 3.63) is 129 Å². The Labute approximate surface area is 310 Å². The number of fused-ring (bicyclic) bond motifs is 4. The standard InChI is InChI=1S/C43H46N6O4/c50-40-30-10-1-3-12-32(30)42(52)38-34(40)14-5-16-36(38)44-18-7-20-46-24-26-48(28-46)22-9-23-49-27-25-47(29-49)21-8-19-45-37-17-6-15-35-39(37)43(53)33-13-4-2-11-31(33)41(35)51/h1-6,10-17,44-45H,7-9,18-29H2. The van der Waals surface area contributed by atoms with Crippen molar-refractivity contribution in [1.29, 1.82) is 0 Å². The lowest BCUT2D eigenvalue weighted by Crippen LogP contribution is -2.31. The number of rotatable bonds is 14. The summed E-state index contributed by atoms with van der Waals surface area (Å²) < 4.78 is 0. The van der Waals surface area contributed by atoms with E-state index in [4.69, 9.17) is 0 Å². The minimum absolute atomic E-state index is 0.0864. The molecular weight excluding hydrogens is 665 g/mol. The molecule has 0 amide bonds. The maximum absolute atomic E-state index is 13.3. The van der Waals surface area contributed by atoms with Crippen LogP contribution in [0.5, 0.6) is 0 Å². The Morgan fingerprint density at radius 2 is 0.736 bits per heavy atom. The Balaban J connectivity index is 0.714. The van der Waals surface area contributed by atoms with E-state index < -0.39 is 0 Å². The van der Waals surface area contributed by atoms with Gasteiger partial charge in [0.1, 0.15) is 0 Å². The molecule has 0 radical (unpaired) electrons. The highest BCUT2D eigenvalue weighted by molar-refractivity contribution is 6.31.